The zero-order valence-corrected chi connectivity index (χ0v) is 20.6. The lowest BCUT2D eigenvalue weighted by Gasteiger charge is -2.41. The summed E-state index contributed by atoms with van der Waals surface area (Å²) in [6.07, 6.45) is 3.74. The maximum atomic E-state index is 13.4. The highest BCUT2D eigenvalue weighted by molar-refractivity contribution is 7.80. The Morgan fingerprint density at radius 1 is 1.18 bits per heavy atom. The van der Waals surface area contributed by atoms with Crippen LogP contribution < -0.4 is 19.9 Å². The lowest BCUT2D eigenvalue weighted by Crippen LogP contribution is -2.54. The summed E-state index contributed by atoms with van der Waals surface area (Å²) >= 11 is 11.4. The minimum absolute atomic E-state index is 0.00413. The number of hydrogen-bond acceptors (Lipinski definition) is 5. The van der Waals surface area contributed by atoms with Crippen LogP contribution in [0.4, 0.5) is 11.4 Å². The topological polar surface area (TPSA) is 61.9 Å². The van der Waals surface area contributed by atoms with Crippen molar-refractivity contribution in [3.63, 3.8) is 0 Å². The Balaban J connectivity index is 1.82. The van der Waals surface area contributed by atoms with Crippen LogP contribution in [0.1, 0.15) is 31.9 Å². The number of rotatable bonds is 3. The van der Waals surface area contributed by atoms with Gasteiger partial charge in [-0.15, -0.1) is 0 Å². The quantitative estimate of drug-likeness (QED) is 0.387. The van der Waals surface area contributed by atoms with E-state index in [9.17, 15) is 9.59 Å². The zero-order chi connectivity index (χ0) is 24.1. The second-order valence-electron chi connectivity index (χ2n) is 8.59. The van der Waals surface area contributed by atoms with Gasteiger partial charge in [0.15, 0.2) is 5.11 Å². The number of nitrogens with zero attached hydrogens (tertiary/aromatic N) is 2. The zero-order valence-electron chi connectivity index (χ0n) is 19.0. The van der Waals surface area contributed by atoms with Gasteiger partial charge in [-0.05, 0) is 68.9 Å². The number of anilines is 2. The number of thiocarbonyl (C=S) groups is 1. The van der Waals surface area contributed by atoms with Crippen LogP contribution in [0, 0.1) is 0 Å². The number of nitrogens with one attached hydrogen (secondary N) is 1. The Hall–Kier alpha value is -3.16. The predicted molar refractivity (Wildman–Crippen MR) is 137 cm³/mol. The SMILES string of the molecule is COc1cc2c(cc1/C=C1/C(=O)NC(=S)N(c3cccc(Cl)c3)C1=O)C(C)=CC(C)(C)N2C. The fraction of sp³-hybridized carbons (Fsp3) is 0.240. The van der Waals surface area contributed by atoms with Crippen LogP contribution >= 0.6 is 23.8 Å². The Bertz CT molecular complexity index is 1270. The molecule has 0 unspecified atom stereocenters. The van der Waals surface area contributed by atoms with Gasteiger partial charge in [-0.25, -0.2) is 0 Å². The van der Waals surface area contributed by atoms with Crippen LogP contribution in [0.5, 0.6) is 5.75 Å². The molecule has 0 radical (unpaired) electrons. The minimum atomic E-state index is -0.562. The molecule has 33 heavy (non-hydrogen) atoms. The predicted octanol–water partition coefficient (Wildman–Crippen LogP) is 4.81. The van der Waals surface area contributed by atoms with Crippen molar-refractivity contribution in [2.24, 2.45) is 0 Å². The van der Waals surface area contributed by atoms with Gasteiger partial charge in [0.05, 0.1) is 18.3 Å². The van der Waals surface area contributed by atoms with Gasteiger partial charge < -0.3 is 9.64 Å². The smallest absolute Gasteiger partial charge is 0.270 e. The van der Waals surface area contributed by atoms with Gasteiger partial charge in [-0.2, -0.15) is 0 Å². The molecule has 2 heterocycles. The second kappa shape index (κ2) is 8.32. The van der Waals surface area contributed by atoms with E-state index >= 15 is 0 Å². The first-order valence-corrected chi connectivity index (χ1v) is 11.1. The lowest BCUT2D eigenvalue weighted by atomic mass is 9.88. The Morgan fingerprint density at radius 2 is 1.91 bits per heavy atom. The highest BCUT2D eigenvalue weighted by Crippen LogP contribution is 2.42. The fourth-order valence-electron chi connectivity index (χ4n) is 4.15. The maximum absolute atomic E-state index is 13.4. The van der Waals surface area contributed by atoms with Crippen molar-refractivity contribution in [3.05, 3.63) is 64.2 Å². The van der Waals surface area contributed by atoms with Crippen LogP contribution in [-0.2, 0) is 9.59 Å². The first-order chi connectivity index (χ1) is 15.5. The molecule has 1 N–H and O–H groups in total. The van der Waals surface area contributed by atoms with E-state index in [0.717, 1.165) is 16.8 Å². The number of halogens is 1. The number of ether oxygens (including phenoxy) is 1. The van der Waals surface area contributed by atoms with Gasteiger partial charge in [-0.3, -0.25) is 19.8 Å². The molecular weight excluding hydrogens is 458 g/mol. The van der Waals surface area contributed by atoms with Crippen molar-refractivity contribution in [1.82, 2.24) is 5.32 Å². The highest BCUT2D eigenvalue weighted by atomic mass is 35.5. The number of fused-ring (bicyclic) bond motifs is 1. The Kier molecular flexibility index (Phi) is 5.80. The van der Waals surface area contributed by atoms with E-state index in [-0.39, 0.29) is 16.2 Å². The normalized spacial score (nSPS) is 18.8. The van der Waals surface area contributed by atoms with E-state index in [2.05, 4.69) is 37.1 Å². The minimum Gasteiger partial charge on any atom is -0.496 e. The largest absolute Gasteiger partial charge is 0.496 e. The van der Waals surface area contributed by atoms with Crippen molar-refractivity contribution in [2.45, 2.75) is 26.3 Å². The van der Waals surface area contributed by atoms with Crippen molar-refractivity contribution in [3.8, 4) is 5.75 Å². The second-order valence-corrected chi connectivity index (χ2v) is 9.41. The summed E-state index contributed by atoms with van der Waals surface area (Å²) in [6, 6.07) is 10.6. The monoisotopic (exact) mass is 481 g/mol. The van der Waals surface area contributed by atoms with E-state index in [1.807, 2.05) is 19.2 Å². The molecule has 4 rings (SSSR count). The molecule has 2 aliphatic heterocycles. The van der Waals surface area contributed by atoms with Crippen molar-refractivity contribution < 1.29 is 14.3 Å². The number of likely N-dealkylation sites (N-methyl/N-ethyl adjacent to an activating group) is 1. The van der Waals surface area contributed by atoms with E-state index in [0.29, 0.717) is 22.0 Å². The third-order valence-electron chi connectivity index (χ3n) is 6.04. The van der Waals surface area contributed by atoms with Crippen LogP contribution in [0.2, 0.25) is 5.02 Å². The van der Waals surface area contributed by atoms with E-state index in [4.69, 9.17) is 28.6 Å². The van der Waals surface area contributed by atoms with Gasteiger partial charge in [0.2, 0.25) is 0 Å². The summed E-state index contributed by atoms with van der Waals surface area (Å²) in [6.45, 7) is 6.33. The molecule has 2 amide bonds. The molecule has 8 heteroatoms. The summed E-state index contributed by atoms with van der Waals surface area (Å²) in [5.74, 6) is -0.536. The average Bonchev–Trinajstić information content (AvgIpc) is 2.74. The van der Waals surface area contributed by atoms with Gasteiger partial charge in [0, 0.05) is 35.0 Å². The Morgan fingerprint density at radius 3 is 2.58 bits per heavy atom. The van der Waals surface area contributed by atoms with Crippen LogP contribution in [0.3, 0.4) is 0 Å². The number of benzene rings is 2. The van der Waals surface area contributed by atoms with Gasteiger partial charge in [0.25, 0.3) is 11.8 Å². The molecule has 170 valence electrons. The van der Waals surface area contributed by atoms with Crippen LogP contribution in [0.25, 0.3) is 11.6 Å². The van der Waals surface area contributed by atoms with Crippen molar-refractivity contribution >= 4 is 63.8 Å². The van der Waals surface area contributed by atoms with Crippen LogP contribution in [-0.4, -0.2) is 36.6 Å². The summed E-state index contributed by atoms with van der Waals surface area (Å²) < 4.78 is 5.63. The standard InChI is InChI=1S/C25H24ClN3O3S/c1-14-13-25(2,3)28(4)20-12-21(32-5)15(9-18(14)20)10-19-22(30)27-24(33)29(23(19)31)17-8-6-7-16(26)11-17/h6-13H,1-5H3,(H,27,30,33)/b19-10-. The molecule has 0 spiro atoms. The Labute approximate surface area is 203 Å². The molecule has 1 fully saturated rings. The molecule has 2 aromatic rings. The molecule has 0 aromatic heterocycles. The average molecular weight is 482 g/mol. The molecule has 0 aliphatic carbocycles. The van der Waals surface area contributed by atoms with Gasteiger partial charge >= 0.3 is 0 Å². The van der Waals surface area contributed by atoms with Crippen LogP contribution in [0.15, 0.2) is 48.0 Å². The molecule has 0 atom stereocenters. The first kappa shape index (κ1) is 23.0. The third kappa shape index (κ3) is 4.03. The first-order valence-electron chi connectivity index (χ1n) is 10.4. The lowest BCUT2D eigenvalue weighted by molar-refractivity contribution is -0.122. The summed E-state index contributed by atoms with van der Waals surface area (Å²) in [7, 11) is 3.60. The third-order valence-corrected chi connectivity index (χ3v) is 6.56. The molecule has 2 aromatic carbocycles. The van der Waals surface area contributed by atoms with E-state index in [1.54, 1.807) is 37.5 Å². The maximum Gasteiger partial charge on any atom is 0.270 e. The molecule has 0 bridgehead atoms. The number of allylic oxidation sites excluding steroid dienone is 1. The number of carbonyl (C=O) groups is 2. The molecule has 2 aliphatic rings. The summed E-state index contributed by atoms with van der Waals surface area (Å²) in [5, 5.41) is 3.06. The molecule has 1 saturated heterocycles. The van der Waals surface area contributed by atoms with Gasteiger partial charge in [-0.1, -0.05) is 23.7 Å². The number of hydrogen-bond donors (Lipinski definition) is 1. The molecular formula is C25H24ClN3O3S. The molecule has 6 nitrogen and oxygen atoms in total. The van der Waals surface area contributed by atoms with E-state index < -0.39 is 11.8 Å². The summed E-state index contributed by atoms with van der Waals surface area (Å²) in [5.41, 5.74) is 4.02. The van der Waals surface area contributed by atoms with Crippen molar-refractivity contribution in [2.75, 3.05) is 24.0 Å². The number of methoxy groups -OCH3 is 1. The van der Waals surface area contributed by atoms with E-state index in [1.165, 1.54) is 4.90 Å². The van der Waals surface area contributed by atoms with Crippen molar-refractivity contribution in [1.29, 1.82) is 0 Å². The summed E-state index contributed by atoms with van der Waals surface area (Å²) in [4.78, 5) is 29.5. The number of carbonyl (C=O) groups excluding carboxylic acids is 2. The molecule has 0 saturated carbocycles. The number of amides is 2. The van der Waals surface area contributed by atoms with Gasteiger partial charge in [0.1, 0.15) is 11.3 Å². The fourth-order valence-corrected chi connectivity index (χ4v) is 4.61. The highest BCUT2D eigenvalue weighted by Gasteiger charge is 2.35.